The molecule has 0 saturated carbocycles. The first kappa shape index (κ1) is 21.1. The van der Waals surface area contributed by atoms with Gasteiger partial charge in [-0.2, -0.15) is 4.31 Å². The number of benzene rings is 1. The molecular formula is C21H34N4O2S. The fraction of sp³-hybridized carbons (Fsp3) is 0.667. The number of nitrogens with zero attached hydrogens (tertiary/aromatic N) is 3. The Morgan fingerprint density at radius 2 is 1.71 bits per heavy atom. The molecule has 2 heterocycles. The number of sulfonamides is 1. The molecule has 2 aliphatic rings. The molecule has 1 aromatic rings. The zero-order valence-electron chi connectivity index (χ0n) is 17.2. The second-order valence-corrected chi connectivity index (χ2v) is 9.96. The van der Waals surface area contributed by atoms with Crippen molar-refractivity contribution >= 4 is 16.0 Å². The van der Waals surface area contributed by atoms with E-state index in [1.807, 2.05) is 6.07 Å². The van der Waals surface area contributed by atoms with Crippen LogP contribution >= 0.6 is 0 Å². The Hall–Kier alpha value is -1.60. The fourth-order valence-electron chi connectivity index (χ4n) is 3.94. The van der Waals surface area contributed by atoms with Gasteiger partial charge in [0.15, 0.2) is 5.96 Å². The van der Waals surface area contributed by atoms with E-state index in [0.717, 1.165) is 50.9 Å². The summed E-state index contributed by atoms with van der Waals surface area (Å²) in [5.74, 6) is 2.27. The van der Waals surface area contributed by atoms with Crippen molar-refractivity contribution in [3.63, 3.8) is 0 Å². The summed E-state index contributed by atoms with van der Waals surface area (Å²) in [6, 6.07) is 8.74. The molecule has 6 nitrogen and oxygen atoms in total. The van der Waals surface area contributed by atoms with Gasteiger partial charge in [-0.15, -0.1) is 0 Å². The van der Waals surface area contributed by atoms with Gasteiger partial charge in [-0.25, -0.2) is 8.42 Å². The van der Waals surface area contributed by atoms with Crippen LogP contribution in [0, 0.1) is 11.8 Å². The third-order valence-corrected chi connectivity index (χ3v) is 7.78. The zero-order valence-corrected chi connectivity index (χ0v) is 18.0. The molecule has 0 aliphatic carbocycles. The number of hydrogen-bond donors (Lipinski definition) is 1. The quantitative estimate of drug-likeness (QED) is 0.603. The van der Waals surface area contributed by atoms with Gasteiger partial charge in [-0.3, -0.25) is 4.99 Å². The Morgan fingerprint density at radius 3 is 2.32 bits per heavy atom. The molecule has 156 valence electrons. The highest BCUT2D eigenvalue weighted by molar-refractivity contribution is 7.89. The minimum absolute atomic E-state index is 0.389. The van der Waals surface area contributed by atoms with Crippen molar-refractivity contribution in [3.05, 3.63) is 30.3 Å². The predicted molar refractivity (Wildman–Crippen MR) is 114 cm³/mol. The number of nitrogens with one attached hydrogen (secondary N) is 1. The summed E-state index contributed by atoms with van der Waals surface area (Å²) in [5.41, 5.74) is 0. The van der Waals surface area contributed by atoms with Crippen LogP contribution in [0.1, 0.15) is 39.5 Å². The van der Waals surface area contributed by atoms with E-state index in [1.54, 1.807) is 28.6 Å². The number of piperidine rings is 2. The minimum Gasteiger partial charge on any atom is -0.357 e. The van der Waals surface area contributed by atoms with Crippen molar-refractivity contribution in [1.82, 2.24) is 14.5 Å². The summed E-state index contributed by atoms with van der Waals surface area (Å²) in [6.07, 6.45) is 4.18. The van der Waals surface area contributed by atoms with Crippen molar-refractivity contribution in [2.45, 2.75) is 44.4 Å². The van der Waals surface area contributed by atoms with Crippen molar-refractivity contribution in [2.24, 2.45) is 16.8 Å². The molecule has 0 radical (unpaired) electrons. The van der Waals surface area contributed by atoms with E-state index in [-0.39, 0.29) is 0 Å². The van der Waals surface area contributed by atoms with Crippen LogP contribution in [0.25, 0.3) is 0 Å². The Kier molecular flexibility index (Phi) is 7.35. The highest BCUT2D eigenvalue weighted by Gasteiger charge is 2.29. The van der Waals surface area contributed by atoms with Crippen LogP contribution in [0.4, 0.5) is 0 Å². The summed E-state index contributed by atoms with van der Waals surface area (Å²) in [6.45, 7) is 9.37. The van der Waals surface area contributed by atoms with Gasteiger partial charge in [0, 0.05) is 39.3 Å². The van der Waals surface area contributed by atoms with Crippen LogP contribution < -0.4 is 5.32 Å². The SMILES string of the molecule is CCNC(=NCC1CCN(S(=O)(=O)c2ccccc2)CC1)N1CCC(C)CC1. The summed E-state index contributed by atoms with van der Waals surface area (Å²) < 4.78 is 27.1. The second-order valence-electron chi connectivity index (χ2n) is 8.02. The summed E-state index contributed by atoms with van der Waals surface area (Å²) in [7, 11) is -3.37. The van der Waals surface area contributed by atoms with Gasteiger partial charge in [0.2, 0.25) is 10.0 Å². The first-order valence-electron chi connectivity index (χ1n) is 10.6. The fourth-order valence-corrected chi connectivity index (χ4v) is 5.43. The maximum absolute atomic E-state index is 12.8. The average Bonchev–Trinajstić information content (AvgIpc) is 2.73. The monoisotopic (exact) mass is 406 g/mol. The molecule has 0 amide bonds. The topological polar surface area (TPSA) is 65.0 Å². The summed E-state index contributed by atoms with van der Waals surface area (Å²) >= 11 is 0. The van der Waals surface area contributed by atoms with Crippen LogP contribution in [-0.4, -0.2) is 62.9 Å². The molecule has 2 fully saturated rings. The number of likely N-dealkylation sites (tertiary alicyclic amines) is 1. The maximum atomic E-state index is 12.8. The molecular weight excluding hydrogens is 372 g/mol. The smallest absolute Gasteiger partial charge is 0.243 e. The van der Waals surface area contributed by atoms with Crippen LogP contribution in [0.15, 0.2) is 40.2 Å². The minimum atomic E-state index is -3.37. The van der Waals surface area contributed by atoms with Gasteiger partial charge in [0.05, 0.1) is 4.90 Å². The highest BCUT2D eigenvalue weighted by atomic mass is 32.2. The number of hydrogen-bond acceptors (Lipinski definition) is 3. The van der Waals surface area contributed by atoms with Crippen molar-refractivity contribution in [2.75, 3.05) is 39.3 Å². The highest BCUT2D eigenvalue weighted by Crippen LogP contribution is 2.24. The first-order chi connectivity index (χ1) is 13.5. The van der Waals surface area contributed by atoms with Crippen LogP contribution in [0.3, 0.4) is 0 Å². The van der Waals surface area contributed by atoms with E-state index in [1.165, 1.54) is 12.8 Å². The van der Waals surface area contributed by atoms with Gasteiger partial charge in [-0.1, -0.05) is 25.1 Å². The van der Waals surface area contributed by atoms with E-state index < -0.39 is 10.0 Å². The number of aliphatic imine (C=N–C) groups is 1. The zero-order chi connectivity index (χ0) is 20.0. The Balaban J connectivity index is 1.55. The molecule has 7 heteroatoms. The van der Waals surface area contributed by atoms with Crippen molar-refractivity contribution < 1.29 is 8.42 Å². The standard InChI is InChI=1S/C21H34N4O2S/c1-3-22-21(24-13-9-18(2)10-14-24)23-17-19-11-15-25(16-12-19)28(26,27)20-7-5-4-6-8-20/h4-8,18-19H,3,9-17H2,1-2H3,(H,22,23). The lowest BCUT2D eigenvalue weighted by molar-refractivity contribution is 0.266. The lowest BCUT2D eigenvalue weighted by atomic mass is 9.98. The maximum Gasteiger partial charge on any atom is 0.243 e. The summed E-state index contributed by atoms with van der Waals surface area (Å²) in [4.78, 5) is 7.66. The largest absolute Gasteiger partial charge is 0.357 e. The van der Waals surface area contributed by atoms with E-state index in [0.29, 0.717) is 23.9 Å². The summed E-state index contributed by atoms with van der Waals surface area (Å²) in [5, 5.41) is 3.43. The van der Waals surface area contributed by atoms with Crippen molar-refractivity contribution in [1.29, 1.82) is 0 Å². The van der Waals surface area contributed by atoms with E-state index >= 15 is 0 Å². The van der Waals surface area contributed by atoms with Gasteiger partial charge in [0.25, 0.3) is 0 Å². The molecule has 0 spiro atoms. The van der Waals surface area contributed by atoms with Crippen LogP contribution in [0.5, 0.6) is 0 Å². The molecule has 0 unspecified atom stereocenters. The lowest BCUT2D eigenvalue weighted by Gasteiger charge is -2.34. The number of rotatable bonds is 5. The first-order valence-corrected chi connectivity index (χ1v) is 12.0. The Labute approximate surface area is 170 Å². The lowest BCUT2D eigenvalue weighted by Crippen LogP contribution is -2.45. The van der Waals surface area contributed by atoms with Gasteiger partial charge >= 0.3 is 0 Å². The number of guanidine groups is 1. The molecule has 1 aromatic carbocycles. The predicted octanol–water partition coefficient (Wildman–Crippen LogP) is 2.78. The molecule has 0 atom stereocenters. The van der Waals surface area contributed by atoms with Gasteiger partial charge in [-0.05, 0) is 56.6 Å². The molecule has 0 bridgehead atoms. The third kappa shape index (κ3) is 5.26. The van der Waals surface area contributed by atoms with Crippen molar-refractivity contribution in [3.8, 4) is 0 Å². The molecule has 0 aromatic heterocycles. The molecule has 2 saturated heterocycles. The third-order valence-electron chi connectivity index (χ3n) is 5.87. The van der Waals surface area contributed by atoms with Gasteiger partial charge < -0.3 is 10.2 Å². The normalized spacial score (nSPS) is 21.1. The molecule has 1 N–H and O–H groups in total. The van der Waals surface area contributed by atoms with Gasteiger partial charge in [0.1, 0.15) is 0 Å². The molecule has 2 aliphatic heterocycles. The second kappa shape index (κ2) is 9.74. The molecule has 3 rings (SSSR count). The van der Waals surface area contributed by atoms with E-state index in [2.05, 4.69) is 24.1 Å². The Morgan fingerprint density at radius 1 is 1.07 bits per heavy atom. The Bertz CT molecular complexity index is 735. The van der Waals surface area contributed by atoms with Crippen LogP contribution in [0.2, 0.25) is 0 Å². The average molecular weight is 407 g/mol. The van der Waals surface area contributed by atoms with Crippen LogP contribution in [-0.2, 0) is 10.0 Å². The molecule has 28 heavy (non-hydrogen) atoms. The van der Waals surface area contributed by atoms with E-state index in [4.69, 9.17) is 4.99 Å². The van der Waals surface area contributed by atoms with E-state index in [9.17, 15) is 8.42 Å².